The summed E-state index contributed by atoms with van der Waals surface area (Å²) >= 11 is 0. The Morgan fingerprint density at radius 1 is 0.467 bits per heavy atom. The van der Waals surface area contributed by atoms with E-state index >= 15 is 0 Å². The minimum absolute atomic E-state index is 0.270. The first-order valence-corrected chi connectivity index (χ1v) is 16.4. The van der Waals surface area contributed by atoms with Crippen LogP contribution < -0.4 is 4.74 Å². The fourth-order valence-corrected chi connectivity index (χ4v) is 6.50. The monoisotopic (exact) mass is 608 g/mol. The molecular formula is C41H52O4. The molecule has 45 heavy (non-hydrogen) atoms. The highest BCUT2D eigenvalue weighted by atomic mass is 16.5. The van der Waals surface area contributed by atoms with Gasteiger partial charge in [0.2, 0.25) is 0 Å². The number of benzene rings is 4. The van der Waals surface area contributed by atoms with Crippen molar-refractivity contribution in [2.45, 2.75) is 85.2 Å². The van der Waals surface area contributed by atoms with Crippen molar-refractivity contribution in [2.75, 3.05) is 19.8 Å². The van der Waals surface area contributed by atoms with Crippen molar-refractivity contribution in [3.8, 4) is 28.0 Å². The number of para-hydroxylation sites is 1. The van der Waals surface area contributed by atoms with Gasteiger partial charge in [-0.15, -0.1) is 0 Å². The molecule has 0 spiro atoms. The fraction of sp³-hybridized carbons (Fsp3) is 0.415. The summed E-state index contributed by atoms with van der Waals surface area (Å²) in [5, 5.41) is 32.6. The van der Waals surface area contributed by atoms with Crippen LogP contribution in [0.1, 0.15) is 113 Å². The number of rotatable bonds is 13. The van der Waals surface area contributed by atoms with E-state index < -0.39 is 31.3 Å². The van der Waals surface area contributed by atoms with Crippen LogP contribution in [0.5, 0.6) is 5.75 Å². The van der Waals surface area contributed by atoms with Crippen LogP contribution in [0, 0.1) is 5.41 Å². The Bertz CT molecular complexity index is 1500. The second kappa shape index (κ2) is 14.8. The van der Waals surface area contributed by atoms with E-state index in [-0.39, 0.29) is 23.7 Å². The predicted octanol–water partition coefficient (Wildman–Crippen LogP) is 9.60. The topological polar surface area (TPSA) is 69.9 Å². The minimum Gasteiger partial charge on any atom is -0.484 e. The lowest BCUT2D eigenvalue weighted by Crippen LogP contribution is -2.43. The highest BCUT2D eigenvalue weighted by Crippen LogP contribution is 2.48. The molecule has 240 valence electrons. The molecule has 4 rings (SSSR count). The summed E-state index contributed by atoms with van der Waals surface area (Å²) in [6.07, 6.45) is -0.858. The standard InChI is InChI=1S/C41H52O4/c1-26(2)30-18-13-19-31(27(3)4)38(30)34-15-9-10-16-35(34)40(41(23-42,24-43)25-44)45-37-22-12-11-17-36(37)39-32(28(5)6)20-14-21-33(39)29(7)8/h9-22,26-29,40,42-44H,23-25H2,1-8H3. The molecule has 4 aromatic carbocycles. The second-order valence-corrected chi connectivity index (χ2v) is 13.7. The zero-order valence-corrected chi connectivity index (χ0v) is 28.3. The first-order valence-electron chi connectivity index (χ1n) is 16.4. The minimum atomic E-state index is -1.35. The summed E-state index contributed by atoms with van der Waals surface area (Å²) in [6.45, 7) is 16.3. The van der Waals surface area contributed by atoms with E-state index in [0.717, 1.165) is 27.8 Å². The molecule has 0 saturated carbocycles. The fourth-order valence-electron chi connectivity index (χ4n) is 6.50. The Morgan fingerprint density at radius 3 is 1.24 bits per heavy atom. The molecule has 0 heterocycles. The van der Waals surface area contributed by atoms with Crippen LogP contribution in [-0.4, -0.2) is 35.1 Å². The van der Waals surface area contributed by atoms with Gasteiger partial charge in [-0.1, -0.05) is 134 Å². The van der Waals surface area contributed by atoms with Gasteiger partial charge in [0.1, 0.15) is 11.9 Å². The average molecular weight is 609 g/mol. The van der Waals surface area contributed by atoms with Gasteiger partial charge in [-0.25, -0.2) is 0 Å². The van der Waals surface area contributed by atoms with Gasteiger partial charge in [0.25, 0.3) is 0 Å². The molecule has 0 saturated heterocycles. The SMILES string of the molecule is CC(C)c1cccc(C(C)C)c1-c1ccccc1OC(c1ccccc1-c1c(C(C)C)cccc1C(C)C)C(CO)(CO)CO. The van der Waals surface area contributed by atoms with Crippen LogP contribution >= 0.6 is 0 Å². The van der Waals surface area contributed by atoms with E-state index in [4.69, 9.17) is 4.74 Å². The van der Waals surface area contributed by atoms with Crippen molar-refractivity contribution in [3.05, 3.63) is 113 Å². The third kappa shape index (κ3) is 6.89. The Balaban J connectivity index is 2.04. The van der Waals surface area contributed by atoms with Crippen LogP contribution in [0.2, 0.25) is 0 Å². The quantitative estimate of drug-likeness (QED) is 0.141. The molecule has 1 atom stereocenters. The first kappa shape index (κ1) is 34.4. The Labute approximate surface area is 270 Å². The Morgan fingerprint density at radius 2 is 0.822 bits per heavy atom. The number of hydrogen-bond acceptors (Lipinski definition) is 4. The Hall–Kier alpha value is -3.44. The molecule has 4 nitrogen and oxygen atoms in total. The zero-order valence-electron chi connectivity index (χ0n) is 28.3. The van der Waals surface area contributed by atoms with Crippen molar-refractivity contribution >= 4 is 0 Å². The van der Waals surface area contributed by atoms with Crippen LogP contribution in [0.4, 0.5) is 0 Å². The van der Waals surface area contributed by atoms with Crippen LogP contribution in [-0.2, 0) is 0 Å². The molecule has 0 bridgehead atoms. The highest BCUT2D eigenvalue weighted by molar-refractivity contribution is 5.78. The number of aliphatic hydroxyl groups excluding tert-OH is 3. The van der Waals surface area contributed by atoms with Crippen LogP contribution in [0.15, 0.2) is 84.9 Å². The lowest BCUT2D eigenvalue weighted by Gasteiger charge is -2.38. The zero-order chi connectivity index (χ0) is 32.9. The third-order valence-corrected chi connectivity index (χ3v) is 9.16. The van der Waals surface area contributed by atoms with Gasteiger partial charge in [-0.05, 0) is 68.7 Å². The predicted molar refractivity (Wildman–Crippen MR) is 187 cm³/mol. The summed E-state index contributed by atoms with van der Waals surface area (Å²) < 4.78 is 7.08. The summed E-state index contributed by atoms with van der Waals surface area (Å²) in [5.74, 6) is 1.76. The van der Waals surface area contributed by atoms with Crippen molar-refractivity contribution in [3.63, 3.8) is 0 Å². The largest absolute Gasteiger partial charge is 0.484 e. The molecule has 0 radical (unpaired) electrons. The summed E-state index contributed by atoms with van der Waals surface area (Å²) in [7, 11) is 0. The number of ether oxygens (including phenoxy) is 1. The normalized spacial score (nSPS) is 12.9. The maximum Gasteiger partial charge on any atom is 0.137 e. The third-order valence-electron chi connectivity index (χ3n) is 9.16. The van der Waals surface area contributed by atoms with Gasteiger partial charge in [-0.3, -0.25) is 0 Å². The maximum absolute atomic E-state index is 10.9. The van der Waals surface area contributed by atoms with E-state index in [2.05, 4.69) is 104 Å². The van der Waals surface area contributed by atoms with Gasteiger partial charge in [0.15, 0.2) is 0 Å². The van der Waals surface area contributed by atoms with Crippen LogP contribution in [0.3, 0.4) is 0 Å². The van der Waals surface area contributed by atoms with Crippen molar-refractivity contribution in [1.82, 2.24) is 0 Å². The van der Waals surface area contributed by atoms with Gasteiger partial charge >= 0.3 is 0 Å². The van der Waals surface area contributed by atoms with Gasteiger partial charge < -0.3 is 20.1 Å². The molecule has 0 amide bonds. The molecule has 0 aliphatic carbocycles. The highest BCUT2D eigenvalue weighted by Gasteiger charge is 2.42. The van der Waals surface area contributed by atoms with Crippen molar-refractivity contribution < 1.29 is 20.1 Å². The van der Waals surface area contributed by atoms with E-state index in [0.29, 0.717) is 5.75 Å². The lowest BCUT2D eigenvalue weighted by atomic mass is 9.76. The van der Waals surface area contributed by atoms with E-state index in [1.54, 1.807) is 0 Å². The number of aliphatic hydroxyl groups is 3. The van der Waals surface area contributed by atoms with E-state index in [1.807, 2.05) is 36.4 Å². The average Bonchev–Trinajstić information content (AvgIpc) is 3.04. The molecular weight excluding hydrogens is 556 g/mol. The molecule has 0 aliphatic heterocycles. The Kier molecular flexibility index (Phi) is 11.3. The van der Waals surface area contributed by atoms with Crippen LogP contribution in [0.25, 0.3) is 22.3 Å². The molecule has 4 aromatic rings. The summed E-state index contributed by atoms with van der Waals surface area (Å²) in [4.78, 5) is 0. The number of hydrogen-bond donors (Lipinski definition) is 3. The molecule has 1 unspecified atom stereocenters. The van der Waals surface area contributed by atoms with E-state index in [1.165, 1.54) is 22.3 Å². The lowest BCUT2D eigenvalue weighted by molar-refractivity contribution is -0.0738. The molecule has 3 N–H and O–H groups in total. The van der Waals surface area contributed by atoms with Crippen molar-refractivity contribution in [1.29, 1.82) is 0 Å². The van der Waals surface area contributed by atoms with E-state index in [9.17, 15) is 15.3 Å². The molecule has 0 aliphatic rings. The van der Waals surface area contributed by atoms with Gasteiger partial charge in [0, 0.05) is 11.1 Å². The molecule has 4 heteroatoms. The van der Waals surface area contributed by atoms with Gasteiger partial charge in [-0.2, -0.15) is 0 Å². The smallest absolute Gasteiger partial charge is 0.137 e. The second-order valence-electron chi connectivity index (χ2n) is 13.7. The first-order chi connectivity index (χ1) is 21.5. The van der Waals surface area contributed by atoms with Crippen molar-refractivity contribution in [2.24, 2.45) is 5.41 Å². The summed E-state index contributed by atoms with van der Waals surface area (Å²) in [6, 6.07) is 29.1. The summed E-state index contributed by atoms with van der Waals surface area (Å²) in [5.41, 5.74) is 8.63. The molecule has 0 fully saturated rings. The van der Waals surface area contributed by atoms with Gasteiger partial charge in [0.05, 0.1) is 25.2 Å². The molecule has 0 aromatic heterocycles. The maximum atomic E-state index is 10.9.